The summed E-state index contributed by atoms with van der Waals surface area (Å²) in [5, 5.41) is 23.6. The van der Waals surface area contributed by atoms with E-state index in [4.69, 9.17) is 0 Å². The fraction of sp³-hybridized carbons (Fsp3) is 0.273. The number of ketones is 1. The molecule has 1 fully saturated rings. The smallest absolute Gasteiger partial charge is 0.270 e. The van der Waals surface area contributed by atoms with Crippen LogP contribution in [0.1, 0.15) is 25.5 Å². The van der Waals surface area contributed by atoms with Crippen LogP contribution in [-0.2, 0) is 16.9 Å². The second-order valence-corrected chi connectivity index (χ2v) is 8.06. The number of pyridine rings is 1. The fourth-order valence-corrected chi connectivity index (χ4v) is 5.03. The van der Waals surface area contributed by atoms with Gasteiger partial charge >= 0.3 is 0 Å². The van der Waals surface area contributed by atoms with Gasteiger partial charge in [0.2, 0.25) is 0 Å². The third-order valence-electron chi connectivity index (χ3n) is 6.63. The fourth-order valence-electron chi connectivity index (χ4n) is 5.03. The van der Waals surface area contributed by atoms with Crippen molar-refractivity contribution in [2.24, 2.45) is 5.41 Å². The Bertz CT molecular complexity index is 1280. The Labute approximate surface area is 165 Å². The van der Waals surface area contributed by atoms with Crippen molar-refractivity contribution in [2.45, 2.75) is 31.9 Å². The summed E-state index contributed by atoms with van der Waals surface area (Å²) in [5.41, 5.74) is -1.24. The van der Waals surface area contributed by atoms with Crippen molar-refractivity contribution in [1.29, 1.82) is 0 Å². The Morgan fingerprint density at radius 2 is 1.83 bits per heavy atom. The number of carbonyl (C=O) groups excluding carboxylic acids is 1. The van der Waals surface area contributed by atoms with Crippen LogP contribution in [0.2, 0.25) is 0 Å². The van der Waals surface area contributed by atoms with Crippen molar-refractivity contribution < 1.29 is 14.8 Å². The van der Waals surface area contributed by atoms with E-state index < -0.39 is 21.6 Å². The molecule has 2 atom stereocenters. The Balaban J connectivity index is 1.97. The Morgan fingerprint density at radius 3 is 2.52 bits per heavy atom. The highest BCUT2D eigenvalue weighted by atomic mass is 16.6. The summed E-state index contributed by atoms with van der Waals surface area (Å²) >= 11 is 0. The molecule has 0 amide bonds. The maximum absolute atomic E-state index is 13.4. The van der Waals surface area contributed by atoms with Gasteiger partial charge in [-0.3, -0.25) is 24.3 Å². The molecule has 2 aliphatic rings. The molecule has 29 heavy (non-hydrogen) atoms. The Kier molecular flexibility index (Phi) is 3.43. The van der Waals surface area contributed by atoms with E-state index in [0.717, 1.165) is 5.56 Å². The molecular formula is C22H18N2O5. The first-order valence-electron chi connectivity index (χ1n) is 9.45. The number of Topliss-reactive ketones (excluding diaryl/α,β-unsaturated/α-hetero) is 1. The summed E-state index contributed by atoms with van der Waals surface area (Å²) in [7, 11) is 0. The minimum absolute atomic E-state index is 0.0721. The van der Waals surface area contributed by atoms with Gasteiger partial charge in [0, 0.05) is 53.4 Å². The minimum Gasteiger partial charge on any atom is -0.369 e. The highest BCUT2D eigenvalue weighted by molar-refractivity contribution is 6.00. The van der Waals surface area contributed by atoms with E-state index in [1.165, 1.54) is 22.8 Å². The molecule has 0 radical (unpaired) electrons. The lowest BCUT2D eigenvalue weighted by molar-refractivity contribution is -0.384. The van der Waals surface area contributed by atoms with Crippen molar-refractivity contribution in [3.05, 3.63) is 74.7 Å². The number of hydrogen-bond donors (Lipinski definition) is 1. The van der Waals surface area contributed by atoms with E-state index in [9.17, 15) is 24.8 Å². The molecule has 2 heterocycles. The SMILES string of the molecule is C[C@@]12Cc3c(-c4ccccc4)c4cc([N+](=O)[O-])ccc4c(=O)n3[C@]1(O)CCC2=O. The number of non-ortho nitro benzene ring substituents is 1. The van der Waals surface area contributed by atoms with Crippen LogP contribution in [0.4, 0.5) is 5.69 Å². The molecule has 2 aromatic carbocycles. The molecule has 3 aromatic rings. The van der Waals surface area contributed by atoms with Crippen molar-refractivity contribution in [3.63, 3.8) is 0 Å². The van der Waals surface area contributed by atoms with Gasteiger partial charge in [0.25, 0.3) is 11.2 Å². The number of nitro benzene ring substituents is 1. The highest BCUT2D eigenvalue weighted by Crippen LogP contribution is 2.55. The number of nitrogens with zero attached hydrogens (tertiary/aromatic N) is 2. The van der Waals surface area contributed by atoms with Crippen LogP contribution in [0.25, 0.3) is 21.9 Å². The van der Waals surface area contributed by atoms with Crippen LogP contribution < -0.4 is 5.56 Å². The zero-order valence-corrected chi connectivity index (χ0v) is 15.7. The predicted octanol–water partition coefficient (Wildman–Crippen LogP) is 3.15. The molecule has 1 aliphatic carbocycles. The summed E-state index contributed by atoms with van der Waals surface area (Å²) in [5.74, 6) is -0.0721. The third kappa shape index (κ3) is 2.10. The van der Waals surface area contributed by atoms with Crippen LogP contribution in [-0.4, -0.2) is 20.4 Å². The molecule has 1 saturated carbocycles. The van der Waals surface area contributed by atoms with Gasteiger partial charge in [-0.05, 0) is 18.6 Å². The third-order valence-corrected chi connectivity index (χ3v) is 6.63. The molecule has 7 nitrogen and oxygen atoms in total. The summed E-state index contributed by atoms with van der Waals surface area (Å²) in [6.07, 6.45) is 0.611. The van der Waals surface area contributed by atoms with Gasteiger partial charge in [-0.1, -0.05) is 30.3 Å². The number of aliphatic hydroxyl groups is 1. The first-order valence-corrected chi connectivity index (χ1v) is 9.45. The van der Waals surface area contributed by atoms with E-state index >= 15 is 0 Å². The van der Waals surface area contributed by atoms with Crippen molar-refractivity contribution in [1.82, 2.24) is 4.57 Å². The van der Waals surface area contributed by atoms with Crippen LogP contribution >= 0.6 is 0 Å². The molecule has 1 aromatic heterocycles. The van der Waals surface area contributed by atoms with Gasteiger partial charge in [0.05, 0.1) is 10.3 Å². The lowest BCUT2D eigenvalue weighted by atomic mass is 9.79. The van der Waals surface area contributed by atoms with E-state index in [2.05, 4.69) is 0 Å². The predicted molar refractivity (Wildman–Crippen MR) is 107 cm³/mol. The average molecular weight is 390 g/mol. The van der Waals surface area contributed by atoms with Crippen LogP contribution in [0.15, 0.2) is 53.3 Å². The largest absolute Gasteiger partial charge is 0.369 e. The van der Waals surface area contributed by atoms with E-state index in [-0.39, 0.29) is 36.1 Å². The molecule has 0 bridgehead atoms. The summed E-state index contributed by atoms with van der Waals surface area (Å²) in [4.78, 5) is 36.9. The quantitative estimate of drug-likeness (QED) is 0.535. The van der Waals surface area contributed by atoms with E-state index in [1.807, 2.05) is 30.3 Å². The zero-order valence-electron chi connectivity index (χ0n) is 15.7. The van der Waals surface area contributed by atoms with Crippen molar-refractivity contribution in [3.8, 4) is 11.1 Å². The molecule has 1 aliphatic heterocycles. The molecule has 0 saturated heterocycles. The molecule has 146 valence electrons. The van der Waals surface area contributed by atoms with Crippen LogP contribution in [0, 0.1) is 15.5 Å². The Morgan fingerprint density at radius 1 is 1.10 bits per heavy atom. The van der Waals surface area contributed by atoms with Gasteiger partial charge in [-0.25, -0.2) is 0 Å². The molecule has 7 heteroatoms. The summed E-state index contributed by atoms with van der Waals surface area (Å²) < 4.78 is 1.37. The number of rotatable bonds is 2. The summed E-state index contributed by atoms with van der Waals surface area (Å²) in [6, 6.07) is 13.4. The average Bonchev–Trinajstić information content (AvgIpc) is 3.07. The first kappa shape index (κ1) is 17.8. The second kappa shape index (κ2) is 5.61. The van der Waals surface area contributed by atoms with E-state index in [0.29, 0.717) is 16.6 Å². The van der Waals surface area contributed by atoms with Crippen LogP contribution in [0.5, 0.6) is 0 Å². The monoisotopic (exact) mass is 390 g/mol. The van der Waals surface area contributed by atoms with Gasteiger partial charge < -0.3 is 5.11 Å². The number of carbonyl (C=O) groups is 1. The van der Waals surface area contributed by atoms with Gasteiger partial charge in [0.15, 0.2) is 5.72 Å². The lowest BCUT2D eigenvalue weighted by Gasteiger charge is -2.32. The highest BCUT2D eigenvalue weighted by Gasteiger charge is 2.63. The number of benzene rings is 2. The number of aromatic nitrogens is 1. The first-order chi connectivity index (χ1) is 13.8. The van der Waals surface area contributed by atoms with Gasteiger partial charge in [0.1, 0.15) is 5.78 Å². The molecule has 5 rings (SSSR count). The lowest BCUT2D eigenvalue weighted by Crippen LogP contribution is -2.47. The number of hydrogen-bond acceptors (Lipinski definition) is 5. The maximum Gasteiger partial charge on any atom is 0.270 e. The molecule has 1 N–H and O–H groups in total. The topological polar surface area (TPSA) is 102 Å². The second-order valence-electron chi connectivity index (χ2n) is 8.06. The zero-order chi connectivity index (χ0) is 20.6. The van der Waals surface area contributed by atoms with Crippen LogP contribution in [0.3, 0.4) is 0 Å². The molecular weight excluding hydrogens is 372 g/mol. The molecule has 0 unspecified atom stereocenters. The molecule has 0 spiro atoms. The number of fused-ring (bicyclic) bond motifs is 4. The number of nitro groups is 1. The minimum atomic E-state index is -1.59. The maximum atomic E-state index is 13.4. The standard InChI is InChI=1S/C22H18N2O5/c1-21-12-17-19(13-5-3-2-4-6-13)16-11-14(24(28)29)7-8-15(16)20(26)23(17)22(21,27)10-9-18(21)25/h2-8,11,27H,9-10,12H2,1H3/t21-,22-/m0/s1. The van der Waals surface area contributed by atoms with Crippen molar-refractivity contribution in [2.75, 3.05) is 0 Å². The van der Waals surface area contributed by atoms with E-state index in [1.54, 1.807) is 6.92 Å². The Hall–Kier alpha value is -3.32. The van der Waals surface area contributed by atoms with Gasteiger partial charge in [-0.15, -0.1) is 0 Å². The summed E-state index contributed by atoms with van der Waals surface area (Å²) in [6.45, 7) is 1.71. The van der Waals surface area contributed by atoms with Crippen molar-refractivity contribution >= 4 is 22.2 Å². The normalized spacial score (nSPS) is 25.2. The van der Waals surface area contributed by atoms with Gasteiger partial charge in [-0.2, -0.15) is 0 Å².